The Bertz CT molecular complexity index is 629. The number of hydrogen-bond donors (Lipinski definition) is 1. The molecule has 0 saturated carbocycles. The maximum Gasteiger partial charge on any atom is 0.178 e. The third-order valence-corrected chi connectivity index (χ3v) is 2.43. The van der Waals surface area contributed by atoms with E-state index in [4.69, 9.17) is 0 Å². The van der Waals surface area contributed by atoms with Crippen LogP contribution in [0.25, 0.3) is 22.6 Å². The third-order valence-electron chi connectivity index (χ3n) is 2.43. The molecule has 5 heteroatoms. The van der Waals surface area contributed by atoms with Crippen molar-refractivity contribution in [1.29, 1.82) is 0 Å². The quantitative estimate of drug-likeness (QED) is 0.665. The molecule has 0 atom stereocenters. The molecule has 3 aromatic rings. The molecular formula is C11H9N5. The molecule has 0 radical (unpaired) electrons. The number of pyridine rings is 1. The van der Waals surface area contributed by atoms with Crippen molar-refractivity contribution in [3.05, 3.63) is 36.5 Å². The first-order chi connectivity index (χ1) is 7.84. The van der Waals surface area contributed by atoms with Gasteiger partial charge in [-0.15, -0.1) is 0 Å². The fourth-order valence-corrected chi connectivity index (χ4v) is 1.59. The van der Waals surface area contributed by atoms with Gasteiger partial charge in [0.1, 0.15) is 12.2 Å². The summed E-state index contributed by atoms with van der Waals surface area (Å²) in [4.78, 5) is 19.8. The van der Waals surface area contributed by atoms with E-state index < -0.39 is 0 Å². The SMILES string of the molecule is Cc1ccnc2nc(-c3cncnc3)[nH]c12. The average Bonchev–Trinajstić information content (AvgIpc) is 2.76. The second-order valence-corrected chi connectivity index (χ2v) is 3.54. The van der Waals surface area contributed by atoms with Gasteiger partial charge in [-0.05, 0) is 18.6 Å². The first-order valence-corrected chi connectivity index (χ1v) is 4.91. The Morgan fingerprint density at radius 2 is 2.00 bits per heavy atom. The van der Waals surface area contributed by atoms with Gasteiger partial charge in [0.25, 0.3) is 0 Å². The lowest BCUT2D eigenvalue weighted by Crippen LogP contribution is -1.83. The van der Waals surface area contributed by atoms with Gasteiger partial charge in [-0.2, -0.15) is 0 Å². The number of aromatic amines is 1. The third kappa shape index (κ3) is 1.33. The van der Waals surface area contributed by atoms with Crippen LogP contribution in [0.15, 0.2) is 31.0 Å². The first kappa shape index (κ1) is 8.96. The van der Waals surface area contributed by atoms with Crippen LogP contribution in [0, 0.1) is 6.92 Å². The minimum atomic E-state index is 0.721. The van der Waals surface area contributed by atoms with Crippen LogP contribution in [0.4, 0.5) is 0 Å². The Labute approximate surface area is 91.6 Å². The molecule has 0 aromatic carbocycles. The van der Waals surface area contributed by atoms with Gasteiger partial charge in [0.15, 0.2) is 5.65 Å². The number of aryl methyl sites for hydroxylation is 1. The van der Waals surface area contributed by atoms with Crippen LogP contribution >= 0.6 is 0 Å². The van der Waals surface area contributed by atoms with Gasteiger partial charge in [0, 0.05) is 18.6 Å². The Kier molecular flexibility index (Phi) is 1.89. The Balaban J connectivity index is 2.23. The Hall–Kier alpha value is -2.30. The van der Waals surface area contributed by atoms with E-state index in [0.717, 1.165) is 28.1 Å². The molecule has 1 N–H and O–H groups in total. The van der Waals surface area contributed by atoms with Crippen molar-refractivity contribution in [3.8, 4) is 11.4 Å². The lowest BCUT2D eigenvalue weighted by atomic mass is 10.3. The van der Waals surface area contributed by atoms with E-state index in [1.165, 1.54) is 6.33 Å². The highest BCUT2D eigenvalue weighted by Gasteiger charge is 2.07. The summed E-state index contributed by atoms with van der Waals surface area (Å²) in [6.07, 6.45) is 6.69. The van der Waals surface area contributed by atoms with Gasteiger partial charge in [0.05, 0.1) is 11.1 Å². The Morgan fingerprint density at radius 3 is 2.75 bits per heavy atom. The van der Waals surface area contributed by atoms with Gasteiger partial charge in [-0.3, -0.25) is 0 Å². The summed E-state index contributed by atoms with van der Waals surface area (Å²) >= 11 is 0. The summed E-state index contributed by atoms with van der Waals surface area (Å²) < 4.78 is 0. The van der Waals surface area contributed by atoms with Crippen LogP contribution in [0.2, 0.25) is 0 Å². The van der Waals surface area contributed by atoms with E-state index in [1.807, 2.05) is 13.0 Å². The van der Waals surface area contributed by atoms with E-state index in [0.29, 0.717) is 0 Å². The van der Waals surface area contributed by atoms with E-state index in [1.54, 1.807) is 18.6 Å². The molecule has 0 saturated heterocycles. The normalized spacial score (nSPS) is 10.8. The highest BCUT2D eigenvalue weighted by molar-refractivity contribution is 5.78. The first-order valence-electron chi connectivity index (χ1n) is 4.91. The van der Waals surface area contributed by atoms with Crippen LogP contribution in [-0.4, -0.2) is 24.9 Å². The highest BCUT2D eigenvalue weighted by atomic mass is 15.0. The van der Waals surface area contributed by atoms with Gasteiger partial charge in [0.2, 0.25) is 0 Å². The maximum absolute atomic E-state index is 4.40. The average molecular weight is 211 g/mol. The van der Waals surface area contributed by atoms with Crippen LogP contribution in [0.5, 0.6) is 0 Å². The number of nitrogens with one attached hydrogen (secondary N) is 1. The number of nitrogens with zero attached hydrogens (tertiary/aromatic N) is 4. The Morgan fingerprint density at radius 1 is 1.19 bits per heavy atom. The second-order valence-electron chi connectivity index (χ2n) is 3.54. The smallest absolute Gasteiger partial charge is 0.178 e. The summed E-state index contributed by atoms with van der Waals surface area (Å²) in [5.41, 5.74) is 3.67. The van der Waals surface area contributed by atoms with E-state index in [-0.39, 0.29) is 0 Å². The van der Waals surface area contributed by atoms with E-state index in [2.05, 4.69) is 24.9 Å². The molecule has 78 valence electrons. The fraction of sp³-hybridized carbons (Fsp3) is 0.0909. The predicted octanol–water partition coefficient (Wildman–Crippen LogP) is 1.72. The molecule has 3 rings (SSSR count). The predicted molar refractivity (Wildman–Crippen MR) is 59.7 cm³/mol. The summed E-state index contributed by atoms with van der Waals surface area (Å²) in [6, 6.07) is 1.95. The van der Waals surface area contributed by atoms with Crippen molar-refractivity contribution < 1.29 is 0 Å². The zero-order valence-corrected chi connectivity index (χ0v) is 8.68. The molecule has 0 bridgehead atoms. The topological polar surface area (TPSA) is 67.3 Å². The van der Waals surface area contributed by atoms with Crippen molar-refractivity contribution in [2.75, 3.05) is 0 Å². The summed E-state index contributed by atoms with van der Waals surface area (Å²) in [5.74, 6) is 0.748. The number of aromatic nitrogens is 5. The monoisotopic (exact) mass is 211 g/mol. The van der Waals surface area contributed by atoms with Gasteiger partial charge in [-0.25, -0.2) is 19.9 Å². The molecule has 0 aliphatic carbocycles. The van der Waals surface area contributed by atoms with Crippen molar-refractivity contribution in [2.24, 2.45) is 0 Å². The molecule has 16 heavy (non-hydrogen) atoms. The van der Waals surface area contributed by atoms with Gasteiger partial charge < -0.3 is 4.98 Å². The van der Waals surface area contributed by atoms with Gasteiger partial charge in [-0.1, -0.05) is 0 Å². The summed E-state index contributed by atoms with van der Waals surface area (Å²) in [6.45, 7) is 2.02. The second kappa shape index (κ2) is 3.37. The molecule has 3 aromatic heterocycles. The zero-order chi connectivity index (χ0) is 11.0. The molecule has 0 amide bonds. The molecular weight excluding hydrogens is 202 g/mol. The minimum absolute atomic E-state index is 0.721. The standard InChI is InChI=1S/C11H9N5/c1-7-2-3-14-11-9(7)15-10(16-11)8-4-12-6-13-5-8/h2-6H,1H3,(H,14,15,16). The molecule has 0 aliphatic rings. The molecule has 5 nitrogen and oxygen atoms in total. The number of rotatable bonds is 1. The lowest BCUT2D eigenvalue weighted by Gasteiger charge is -1.92. The number of H-pyrrole nitrogens is 1. The highest BCUT2D eigenvalue weighted by Crippen LogP contribution is 2.19. The van der Waals surface area contributed by atoms with Crippen molar-refractivity contribution in [2.45, 2.75) is 6.92 Å². The molecule has 0 fully saturated rings. The fourth-order valence-electron chi connectivity index (χ4n) is 1.59. The molecule has 0 spiro atoms. The van der Waals surface area contributed by atoms with Crippen LogP contribution < -0.4 is 0 Å². The van der Waals surface area contributed by atoms with Crippen LogP contribution in [-0.2, 0) is 0 Å². The minimum Gasteiger partial charge on any atom is -0.336 e. The number of fused-ring (bicyclic) bond motifs is 1. The van der Waals surface area contributed by atoms with E-state index >= 15 is 0 Å². The van der Waals surface area contributed by atoms with Crippen LogP contribution in [0.1, 0.15) is 5.56 Å². The van der Waals surface area contributed by atoms with E-state index in [9.17, 15) is 0 Å². The van der Waals surface area contributed by atoms with Crippen LogP contribution in [0.3, 0.4) is 0 Å². The lowest BCUT2D eigenvalue weighted by molar-refractivity contribution is 1.15. The van der Waals surface area contributed by atoms with Gasteiger partial charge >= 0.3 is 0 Å². The summed E-state index contributed by atoms with van der Waals surface area (Å²) in [7, 11) is 0. The maximum atomic E-state index is 4.40. The largest absolute Gasteiger partial charge is 0.336 e. The number of imidazole rings is 1. The molecule has 0 aliphatic heterocycles. The summed E-state index contributed by atoms with van der Waals surface area (Å²) in [5, 5.41) is 0. The zero-order valence-electron chi connectivity index (χ0n) is 8.68. The van der Waals surface area contributed by atoms with Crippen molar-refractivity contribution >= 4 is 11.2 Å². The molecule has 3 heterocycles. The molecule has 0 unspecified atom stereocenters. The number of hydrogen-bond acceptors (Lipinski definition) is 4. The van der Waals surface area contributed by atoms with Crippen molar-refractivity contribution in [3.63, 3.8) is 0 Å². The van der Waals surface area contributed by atoms with Crippen molar-refractivity contribution in [1.82, 2.24) is 24.9 Å².